The topological polar surface area (TPSA) is 54.9 Å². The Labute approximate surface area is 169 Å². The molecule has 0 amide bonds. The van der Waals surface area contributed by atoms with Crippen LogP contribution in [0.4, 0.5) is 13.2 Å². The van der Waals surface area contributed by atoms with Crippen molar-refractivity contribution in [1.82, 2.24) is 10.6 Å². The largest absolute Gasteiger partial charge is 0.493 e. The molecule has 5 nitrogen and oxygen atoms in total. The van der Waals surface area contributed by atoms with Crippen molar-refractivity contribution in [2.75, 3.05) is 27.3 Å². The van der Waals surface area contributed by atoms with Crippen LogP contribution in [0.1, 0.15) is 31.7 Å². The van der Waals surface area contributed by atoms with Crippen molar-refractivity contribution in [1.29, 1.82) is 0 Å². The Kier molecular flexibility index (Phi) is 12.2. The Morgan fingerprint density at radius 3 is 2.46 bits per heavy atom. The maximum Gasteiger partial charge on any atom is 0.422 e. The molecule has 2 N–H and O–H groups in total. The van der Waals surface area contributed by atoms with E-state index in [1.165, 1.54) is 13.2 Å². The average Bonchev–Trinajstić information content (AvgIpc) is 2.59. The Morgan fingerprint density at radius 1 is 1.15 bits per heavy atom. The highest BCUT2D eigenvalue weighted by atomic mass is 127. The summed E-state index contributed by atoms with van der Waals surface area (Å²) in [6.07, 6.45) is -1.02. The first kappa shape index (κ1) is 24.6. The van der Waals surface area contributed by atoms with E-state index >= 15 is 0 Å². The average molecular weight is 489 g/mol. The first-order chi connectivity index (χ1) is 11.9. The molecule has 0 aliphatic heterocycles. The van der Waals surface area contributed by atoms with Gasteiger partial charge in [0.1, 0.15) is 0 Å². The van der Waals surface area contributed by atoms with Gasteiger partial charge >= 0.3 is 6.18 Å². The van der Waals surface area contributed by atoms with Crippen LogP contribution in [0, 0.1) is 0 Å². The quantitative estimate of drug-likeness (QED) is 0.237. The number of guanidine groups is 1. The molecule has 0 aliphatic rings. The summed E-state index contributed by atoms with van der Waals surface area (Å²) >= 11 is 0. The van der Waals surface area contributed by atoms with Gasteiger partial charge in [-0.2, -0.15) is 13.2 Å². The number of hydrogen-bond donors (Lipinski definition) is 2. The van der Waals surface area contributed by atoms with Crippen molar-refractivity contribution in [2.24, 2.45) is 4.99 Å². The first-order valence-electron chi connectivity index (χ1n) is 8.20. The number of hydrogen-bond acceptors (Lipinski definition) is 3. The van der Waals surface area contributed by atoms with Gasteiger partial charge in [0, 0.05) is 20.1 Å². The molecule has 1 rings (SSSR count). The summed E-state index contributed by atoms with van der Waals surface area (Å²) in [6, 6.07) is 4.80. The highest BCUT2D eigenvalue weighted by Crippen LogP contribution is 2.29. The van der Waals surface area contributed by atoms with E-state index in [1.807, 2.05) is 0 Å². The lowest BCUT2D eigenvalue weighted by Gasteiger charge is -2.15. The Bertz CT molecular complexity index is 555. The molecule has 0 fully saturated rings. The fourth-order valence-electron chi connectivity index (χ4n) is 2.09. The van der Waals surface area contributed by atoms with Crippen molar-refractivity contribution in [2.45, 2.75) is 38.9 Å². The van der Waals surface area contributed by atoms with Crippen LogP contribution in [0.2, 0.25) is 0 Å². The zero-order valence-corrected chi connectivity index (χ0v) is 17.6. The van der Waals surface area contributed by atoms with Crippen molar-refractivity contribution in [3.8, 4) is 11.5 Å². The molecule has 0 saturated heterocycles. The monoisotopic (exact) mass is 489 g/mol. The third kappa shape index (κ3) is 9.93. The second kappa shape index (κ2) is 12.9. The van der Waals surface area contributed by atoms with E-state index in [0.717, 1.165) is 31.4 Å². The number of nitrogens with zero attached hydrogens (tertiary/aromatic N) is 1. The minimum Gasteiger partial charge on any atom is -0.493 e. The van der Waals surface area contributed by atoms with E-state index in [0.29, 0.717) is 12.5 Å². The molecule has 1 aromatic rings. The Balaban J connectivity index is 0.00000625. The molecule has 9 heteroatoms. The van der Waals surface area contributed by atoms with Crippen molar-refractivity contribution in [3.63, 3.8) is 0 Å². The van der Waals surface area contributed by atoms with Gasteiger partial charge in [-0.1, -0.05) is 25.8 Å². The maximum atomic E-state index is 12.3. The van der Waals surface area contributed by atoms with Gasteiger partial charge in [-0.25, -0.2) is 0 Å². The predicted molar refractivity (Wildman–Crippen MR) is 108 cm³/mol. The molecule has 0 unspecified atom stereocenters. The summed E-state index contributed by atoms with van der Waals surface area (Å²) in [7, 11) is 3.07. The highest BCUT2D eigenvalue weighted by Gasteiger charge is 2.29. The SMILES string of the molecule is CCCCCNC(=NC)NCc1ccc(OCC(F)(F)F)c(OC)c1.I. The van der Waals surface area contributed by atoms with Crippen LogP contribution in [-0.2, 0) is 6.54 Å². The van der Waals surface area contributed by atoms with E-state index in [4.69, 9.17) is 9.47 Å². The van der Waals surface area contributed by atoms with Gasteiger partial charge in [0.2, 0.25) is 0 Å². The first-order valence-corrected chi connectivity index (χ1v) is 8.20. The molecule has 0 spiro atoms. The van der Waals surface area contributed by atoms with Crippen molar-refractivity contribution >= 4 is 29.9 Å². The van der Waals surface area contributed by atoms with E-state index in [9.17, 15) is 13.2 Å². The zero-order chi connectivity index (χ0) is 18.7. The Hall–Kier alpha value is -1.39. The smallest absolute Gasteiger partial charge is 0.422 e. The summed E-state index contributed by atoms with van der Waals surface area (Å²) < 4.78 is 46.7. The number of rotatable bonds is 9. The molecule has 0 saturated carbocycles. The number of ether oxygens (including phenoxy) is 2. The summed E-state index contributed by atoms with van der Waals surface area (Å²) in [5.41, 5.74) is 0.840. The summed E-state index contributed by atoms with van der Waals surface area (Å²) in [6.45, 7) is 2.09. The van der Waals surface area contributed by atoms with Gasteiger partial charge in [-0.15, -0.1) is 24.0 Å². The van der Waals surface area contributed by atoms with Crippen LogP contribution in [0.5, 0.6) is 11.5 Å². The minimum absolute atomic E-state index is 0. The standard InChI is InChI=1S/C17H26F3N3O2.HI/c1-4-5-6-9-22-16(21-2)23-11-13-7-8-14(15(10-13)24-3)25-12-17(18,19)20;/h7-8,10H,4-6,9,11-12H2,1-3H3,(H2,21,22,23);1H. The van der Waals surface area contributed by atoms with Gasteiger partial charge in [0.15, 0.2) is 24.1 Å². The fourth-order valence-corrected chi connectivity index (χ4v) is 2.09. The van der Waals surface area contributed by atoms with E-state index < -0.39 is 12.8 Å². The lowest BCUT2D eigenvalue weighted by atomic mass is 10.2. The van der Waals surface area contributed by atoms with Gasteiger partial charge in [0.05, 0.1) is 7.11 Å². The van der Waals surface area contributed by atoms with Gasteiger partial charge in [-0.3, -0.25) is 4.99 Å². The molecule has 0 bridgehead atoms. The number of benzene rings is 1. The van der Waals surface area contributed by atoms with Gasteiger partial charge in [-0.05, 0) is 24.1 Å². The van der Waals surface area contributed by atoms with Crippen LogP contribution in [0.25, 0.3) is 0 Å². The lowest BCUT2D eigenvalue weighted by molar-refractivity contribution is -0.153. The number of nitrogens with one attached hydrogen (secondary N) is 2. The summed E-state index contributed by atoms with van der Waals surface area (Å²) in [4.78, 5) is 4.13. The molecule has 0 heterocycles. The fraction of sp³-hybridized carbons (Fsp3) is 0.588. The number of methoxy groups -OCH3 is 1. The zero-order valence-electron chi connectivity index (χ0n) is 15.3. The molecule has 0 atom stereocenters. The van der Waals surface area contributed by atoms with E-state index in [-0.39, 0.29) is 35.5 Å². The van der Waals surface area contributed by atoms with Crippen molar-refractivity contribution < 1.29 is 22.6 Å². The maximum absolute atomic E-state index is 12.3. The van der Waals surface area contributed by atoms with Crippen LogP contribution in [0.3, 0.4) is 0 Å². The third-order valence-corrected chi connectivity index (χ3v) is 3.38. The predicted octanol–water partition coefficient (Wildman–Crippen LogP) is 4.11. The van der Waals surface area contributed by atoms with E-state index in [1.54, 1.807) is 19.2 Å². The molecule has 0 aromatic heterocycles. The molecule has 1 aromatic carbocycles. The third-order valence-electron chi connectivity index (χ3n) is 3.38. The second-order valence-electron chi connectivity index (χ2n) is 5.45. The molecule has 26 heavy (non-hydrogen) atoms. The van der Waals surface area contributed by atoms with Gasteiger partial charge < -0.3 is 20.1 Å². The van der Waals surface area contributed by atoms with Crippen LogP contribution in [-0.4, -0.2) is 39.4 Å². The Morgan fingerprint density at radius 2 is 1.88 bits per heavy atom. The normalized spacial score (nSPS) is 11.5. The number of alkyl halides is 3. The van der Waals surface area contributed by atoms with Crippen molar-refractivity contribution in [3.05, 3.63) is 23.8 Å². The van der Waals surface area contributed by atoms with E-state index in [2.05, 4.69) is 22.5 Å². The minimum atomic E-state index is -4.39. The van der Waals surface area contributed by atoms with Crippen LogP contribution >= 0.6 is 24.0 Å². The number of unbranched alkanes of at least 4 members (excludes halogenated alkanes) is 2. The second-order valence-corrected chi connectivity index (χ2v) is 5.45. The summed E-state index contributed by atoms with van der Waals surface area (Å²) in [5.74, 6) is 0.993. The molecular formula is C17H27F3IN3O2. The lowest BCUT2D eigenvalue weighted by Crippen LogP contribution is -2.37. The molecule has 150 valence electrons. The highest BCUT2D eigenvalue weighted by molar-refractivity contribution is 14.0. The van der Waals surface area contributed by atoms with Crippen LogP contribution < -0.4 is 20.1 Å². The van der Waals surface area contributed by atoms with Crippen LogP contribution in [0.15, 0.2) is 23.2 Å². The number of aliphatic imine (C=N–C) groups is 1. The van der Waals surface area contributed by atoms with Gasteiger partial charge in [0.25, 0.3) is 0 Å². The molecule has 0 radical (unpaired) electrons. The summed E-state index contributed by atoms with van der Waals surface area (Å²) in [5, 5.41) is 6.36. The molecular weight excluding hydrogens is 462 g/mol. The molecule has 0 aliphatic carbocycles. The number of halogens is 4.